The zero-order chi connectivity index (χ0) is 11.7. The average molecular weight is 241 g/mol. The maximum atomic E-state index is 11.2. The van der Waals surface area contributed by atoms with Gasteiger partial charge in [-0.15, -0.1) is 0 Å². The van der Waals surface area contributed by atoms with Crippen LogP contribution in [0.25, 0.3) is 0 Å². The van der Waals surface area contributed by atoms with Gasteiger partial charge in [0.1, 0.15) is 11.0 Å². The lowest BCUT2D eigenvalue weighted by molar-refractivity contribution is -0.130. The standard InChI is InChI=1S/C9H9ClN4O2/c10-6-1-5(11)2-7(12-6)14-3-8(15)13-9(16)4-14/h1-2H,3-4H2,(H2,11,12)(H,13,15,16). The molecular weight excluding hydrogens is 232 g/mol. The smallest absolute Gasteiger partial charge is 0.246 e. The van der Waals surface area contributed by atoms with Crippen LogP contribution in [-0.4, -0.2) is 29.9 Å². The van der Waals surface area contributed by atoms with Crippen molar-refractivity contribution in [2.45, 2.75) is 0 Å². The van der Waals surface area contributed by atoms with Gasteiger partial charge in [-0.3, -0.25) is 14.9 Å². The van der Waals surface area contributed by atoms with Gasteiger partial charge in [0, 0.05) is 11.8 Å². The summed E-state index contributed by atoms with van der Waals surface area (Å²) in [5.41, 5.74) is 6.04. The summed E-state index contributed by atoms with van der Waals surface area (Å²) in [4.78, 5) is 27.8. The molecule has 0 aromatic carbocycles. The summed E-state index contributed by atoms with van der Waals surface area (Å²) < 4.78 is 0. The molecule has 0 radical (unpaired) electrons. The highest BCUT2D eigenvalue weighted by Crippen LogP contribution is 2.19. The fourth-order valence-electron chi connectivity index (χ4n) is 1.46. The molecule has 6 nitrogen and oxygen atoms in total. The molecule has 1 aromatic rings. The molecule has 84 valence electrons. The summed E-state index contributed by atoms with van der Waals surface area (Å²) in [7, 11) is 0. The van der Waals surface area contributed by atoms with Gasteiger partial charge in [-0.1, -0.05) is 11.6 Å². The summed E-state index contributed by atoms with van der Waals surface area (Å²) in [6.07, 6.45) is 0. The molecule has 16 heavy (non-hydrogen) atoms. The van der Waals surface area contributed by atoms with Gasteiger partial charge < -0.3 is 10.6 Å². The summed E-state index contributed by atoms with van der Waals surface area (Å²) in [5.74, 6) is -0.304. The molecule has 0 atom stereocenters. The second-order valence-corrected chi connectivity index (χ2v) is 3.80. The molecule has 1 fully saturated rings. The van der Waals surface area contributed by atoms with Gasteiger partial charge in [-0.05, 0) is 6.07 Å². The van der Waals surface area contributed by atoms with Gasteiger partial charge in [0.25, 0.3) is 0 Å². The molecule has 0 spiro atoms. The minimum Gasteiger partial charge on any atom is -0.399 e. The third kappa shape index (κ3) is 2.22. The molecule has 0 saturated carbocycles. The molecule has 1 saturated heterocycles. The van der Waals surface area contributed by atoms with Gasteiger partial charge >= 0.3 is 0 Å². The Morgan fingerprint density at radius 1 is 1.31 bits per heavy atom. The number of nitrogen functional groups attached to an aromatic ring is 1. The third-order valence-electron chi connectivity index (χ3n) is 2.07. The molecule has 7 heteroatoms. The number of amides is 2. The van der Waals surface area contributed by atoms with E-state index in [-0.39, 0.29) is 30.1 Å². The van der Waals surface area contributed by atoms with Crippen LogP contribution in [0.1, 0.15) is 0 Å². The number of carbonyl (C=O) groups excluding carboxylic acids is 2. The number of rotatable bonds is 1. The summed E-state index contributed by atoms with van der Waals surface area (Å²) >= 11 is 5.74. The Morgan fingerprint density at radius 3 is 2.50 bits per heavy atom. The number of nitrogens with zero attached hydrogens (tertiary/aromatic N) is 2. The number of piperazine rings is 1. The largest absolute Gasteiger partial charge is 0.399 e. The third-order valence-corrected chi connectivity index (χ3v) is 2.27. The lowest BCUT2D eigenvalue weighted by Crippen LogP contribution is -2.51. The Morgan fingerprint density at radius 2 is 1.94 bits per heavy atom. The summed E-state index contributed by atoms with van der Waals surface area (Å²) in [6.45, 7) is 0.136. The highest BCUT2D eigenvalue weighted by molar-refractivity contribution is 6.29. The number of nitrogens with one attached hydrogen (secondary N) is 1. The van der Waals surface area contributed by atoms with Gasteiger partial charge in [0.2, 0.25) is 11.8 Å². The van der Waals surface area contributed by atoms with Crippen molar-refractivity contribution in [2.24, 2.45) is 0 Å². The number of halogens is 1. The number of aromatic nitrogens is 1. The van der Waals surface area contributed by atoms with Crippen molar-refractivity contribution in [3.63, 3.8) is 0 Å². The van der Waals surface area contributed by atoms with Crippen LogP contribution in [0.3, 0.4) is 0 Å². The van der Waals surface area contributed by atoms with E-state index in [1.807, 2.05) is 0 Å². The predicted octanol–water partition coefficient (Wildman–Crippen LogP) is -0.220. The van der Waals surface area contributed by atoms with Gasteiger partial charge in [0.15, 0.2) is 0 Å². The maximum Gasteiger partial charge on any atom is 0.246 e. The number of nitrogens with two attached hydrogens (primary N) is 1. The van der Waals surface area contributed by atoms with E-state index in [0.29, 0.717) is 11.5 Å². The van der Waals surface area contributed by atoms with E-state index in [0.717, 1.165) is 0 Å². The van der Waals surface area contributed by atoms with Crippen LogP contribution in [-0.2, 0) is 9.59 Å². The number of hydrogen-bond acceptors (Lipinski definition) is 5. The zero-order valence-corrected chi connectivity index (χ0v) is 8.99. The molecule has 1 aliphatic rings. The second-order valence-electron chi connectivity index (χ2n) is 3.41. The van der Waals surface area contributed by atoms with Crippen molar-refractivity contribution in [3.05, 3.63) is 17.3 Å². The van der Waals surface area contributed by atoms with Crippen molar-refractivity contribution in [3.8, 4) is 0 Å². The highest BCUT2D eigenvalue weighted by atomic mass is 35.5. The van der Waals surface area contributed by atoms with E-state index in [1.165, 1.54) is 11.0 Å². The minimum atomic E-state index is -0.364. The molecule has 1 aliphatic heterocycles. The minimum absolute atomic E-state index is 0.0680. The Kier molecular flexibility index (Phi) is 2.66. The first-order valence-electron chi connectivity index (χ1n) is 4.55. The van der Waals surface area contributed by atoms with E-state index in [4.69, 9.17) is 17.3 Å². The Hall–Kier alpha value is -1.82. The van der Waals surface area contributed by atoms with Crippen LogP contribution in [0, 0.1) is 0 Å². The van der Waals surface area contributed by atoms with Crippen LogP contribution in [0.4, 0.5) is 11.5 Å². The van der Waals surface area contributed by atoms with Crippen LogP contribution in [0.15, 0.2) is 12.1 Å². The van der Waals surface area contributed by atoms with Crippen LogP contribution < -0.4 is 16.0 Å². The van der Waals surface area contributed by atoms with Crippen LogP contribution >= 0.6 is 11.6 Å². The van der Waals surface area contributed by atoms with E-state index in [2.05, 4.69) is 10.3 Å². The van der Waals surface area contributed by atoms with Crippen molar-refractivity contribution in [1.82, 2.24) is 10.3 Å². The predicted molar refractivity (Wildman–Crippen MR) is 59.0 cm³/mol. The maximum absolute atomic E-state index is 11.2. The monoisotopic (exact) mass is 240 g/mol. The lowest BCUT2D eigenvalue weighted by Gasteiger charge is -2.26. The fourth-order valence-corrected chi connectivity index (χ4v) is 1.68. The van der Waals surface area contributed by atoms with Gasteiger partial charge in [0.05, 0.1) is 13.1 Å². The molecule has 0 aliphatic carbocycles. The number of imide groups is 1. The quantitative estimate of drug-likeness (QED) is 0.523. The van der Waals surface area contributed by atoms with Crippen molar-refractivity contribution in [1.29, 1.82) is 0 Å². The van der Waals surface area contributed by atoms with E-state index in [9.17, 15) is 9.59 Å². The second kappa shape index (κ2) is 3.97. The molecule has 2 rings (SSSR count). The molecule has 2 amide bonds. The molecule has 3 N–H and O–H groups in total. The Labute approximate surface area is 96.4 Å². The van der Waals surface area contributed by atoms with Crippen LogP contribution in [0.2, 0.25) is 5.15 Å². The Bertz CT molecular complexity index is 427. The summed E-state index contributed by atoms with van der Waals surface area (Å²) in [6, 6.07) is 3.06. The van der Waals surface area contributed by atoms with Crippen molar-refractivity contribution >= 4 is 34.9 Å². The number of pyridine rings is 1. The SMILES string of the molecule is Nc1cc(Cl)nc(N2CC(=O)NC(=O)C2)c1. The molecular formula is C9H9ClN4O2. The zero-order valence-electron chi connectivity index (χ0n) is 8.24. The molecule has 1 aromatic heterocycles. The van der Waals surface area contributed by atoms with Gasteiger partial charge in [-0.2, -0.15) is 0 Å². The van der Waals surface area contributed by atoms with E-state index < -0.39 is 0 Å². The van der Waals surface area contributed by atoms with Crippen molar-refractivity contribution < 1.29 is 9.59 Å². The molecule has 2 heterocycles. The fraction of sp³-hybridized carbons (Fsp3) is 0.222. The summed E-state index contributed by atoms with van der Waals surface area (Å²) in [5, 5.41) is 2.43. The first kappa shape index (κ1) is 10.7. The van der Waals surface area contributed by atoms with E-state index >= 15 is 0 Å². The first-order valence-corrected chi connectivity index (χ1v) is 4.93. The Balaban J connectivity index is 2.29. The average Bonchev–Trinajstić information content (AvgIpc) is 2.14. The topological polar surface area (TPSA) is 88.3 Å². The van der Waals surface area contributed by atoms with E-state index in [1.54, 1.807) is 6.07 Å². The molecule has 0 unspecified atom stereocenters. The normalized spacial score (nSPS) is 16.2. The first-order chi connectivity index (χ1) is 7.54. The van der Waals surface area contributed by atoms with Gasteiger partial charge in [-0.25, -0.2) is 4.98 Å². The molecule has 0 bridgehead atoms. The number of hydrogen-bond donors (Lipinski definition) is 2. The highest BCUT2D eigenvalue weighted by Gasteiger charge is 2.23. The lowest BCUT2D eigenvalue weighted by atomic mass is 10.3. The number of anilines is 2. The number of carbonyl (C=O) groups is 2. The van der Waals surface area contributed by atoms with Crippen molar-refractivity contribution in [2.75, 3.05) is 23.7 Å². The van der Waals surface area contributed by atoms with Crippen LogP contribution in [0.5, 0.6) is 0 Å².